The van der Waals surface area contributed by atoms with Gasteiger partial charge in [-0.2, -0.15) is 0 Å². The Bertz CT molecular complexity index is 860. The number of oxazole rings is 1. The molecule has 7 heteroatoms. The van der Waals surface area contributed by atoms with E-state index in [1.807, 2.05) is 30.3 Å². The normalized spacial score (nSPS) is 10.4. The number of nitrogens with two attached hydrogens (primary N) is 1. The lowest BCUT2D eigenvalue weighted by Gasteiger charge is -2.11. The molecule has 2 aromatic carbocycles. The molecule has 1 heterocycles. The number of benzene rings is 2. The standard InChI is InChI=1S/C20H21N3O4/c1-23(21)19(24)14-26-18-9-7-17(8-10-18)25-12-11-16-13-27-20(22-16)15-5-3-2-4-6-15/h2-10,13H,11-12,14,21H2,1H3. The van der Waals surface area contributed by atoms with Crippen molar-refractivity contribution in [2.24, 2.45) is 5.84 Å². The van der Waals surface area contributed by atoms with Crippen molar-refractivity contribution in [3.63, 3.8) is 0 Å². The lowest BCUT2D eigenvalue weighted by Crippen LogP contribution is -2.36. The number of amides is 1. The van der Waals surface area contributed by atoms with E-state index in [0.29, 0.717) is 30.4 Å². The maximum Gasteiger partial charge on any atom is 0.274 e. The Morgan fingerprint density at radius 3 is 2.41 bits per heavy atom. The largest absolute Gasteiger partial charge is 0.493 e. The maximum absolute atomic E-state index is 11.4. The second-order valence-corrected chi connectivity index (χ2v) is 5.87. The molecule has 0 aliphatic heterocycles. The van der Waals surface area contributed by atoms with Gasteiger partial charge in [-0.25, -0.2) is 10.8 Å². The van der Waals surface area contributed by atoms with E-state index in [1.165, 1.54) is 7.05 Å². The molecular weight excluding hydrogens is 346 g/mol. The number of carbonyl (C=O) groups excluding carboxylic acids is 1. The molecule has 0 aliphatic rings. The molecule has 1 amide bonds. The van der Waals surface area contributed by atoms with E-state index < -0.39 is 0 Å². The van der Waals surface area contributed by atoms with E-state index in [1.54, 1.807) is 30.5 Å². The number of rotatable bonds is 8. The fraction of sp³-hybridized carbons (Fsp3) is 0.200. The molecule has 140 valence electrons. The number of carbonyl (C=O) groups is 1. The summed E-state index contributed by atoms with van der Waals surface area (Å²) in [5, 5.41) is 0.991. The zero-order valence-corrected chi connectivity index (χ0v) is 15.0. The van der Waals surface area contributed by atoms with Crippen LogP contribution in [-0.2, 0) is 11.2 Å². The van der Waals surface area contributed by atoms with Gasteiger partial charge in [-0.05, 0) is 36.4 Å². The smallest absolute Gasteiger partial charge is 0.274 e. The van der Waals surface area contributed by atoms with Crippen LogP contribution < -0.4 is 15.3 Å². The van der Waals surface area contributed by atoms with Gasteiger partial charge in [0.15, 0.2) is 6.61 Å². The zero-order chi connectivity index (χ0) is 19.1. The van der Waals surface area contributed by atoms with Crippen molar-refractivity contribution in [2.45, 2.75) is 6.42 Å². The highest BCUT2D eigenvalue weighted by Gasteiger charge is 2.07. The molecule has 27 heavy (non-hydrogen) atoms. The number of likely N-dealkylation sites (N-methyl/N-ethyl adjacent to an activating group) is 1. The van der Waals surface area contributed by atoms with E-state index in [2.05, 4.69) is 4.98 Å². The second-order valence-electron chi connectivity index (χ2n) is 5.87. The monoisotopic (exact) mass is 367 g/mol. The summed E-state index contributed by atoms with van der Waals surface area (Å²) in [5.74, 6) is 6.90. The van der Waals surface area contributed by atoms with Gasteiger partial charge in [0.1, 0.15) is 17.8 Å². The molecule has 0 atom stereocenters. The molecular formula is C20H21N3O4. The summed E-state index contributed by atoms with van der Waals surface area (Å²) in [7, 11) is 1.47. The third-order valence-corrected chi connectivity index (χ3v) is 3.78. The number of hydrogen-bond donors (Lipinski definition) is 1. The van der Waals surface area contributed by atoms with Crippen LogP contribution >= 0.6 is 0 Å². The summed E-state index contributed by atoms with van der Waals surface area (Å²) in [6, 6.07) is 16.8. The Morgan fingerprint density at radius 2 is 1.74 bits per heavy atom. The lowest BCUT2D eigenvalue weighted by atomic mass is 10.2. The van der Waals surface area contributed by atoms with E-state index in [0.717, 1.165) is 16.3 Å². The van der Waals surface area contributed by atoms with Gasteiger partial charge in [0.2, 0.25) is 5.89 Å². The van der Waals surface area contributed by atoms with Crippen molar-refractivity contribution >= 4 is 5.91 Å². The van der Waals surface area contributed by atoms with Gasteiger partial charge in [-0.1, -0.05) is 18.2 Å². The summed E-state index contributed by atoms with van der Waals surface area (Å²) in [4.78, 5) is 15.9. The molecule has 0 radical (unpaired) electrons. The number of nitrogens with zero attached hydrogens (tertiary/aromatic N) is 2. The van der Waals surface area contributed by atoms with Gasteiger partial charge < -0.3 is 13.9 Å². The van der Waals surface area contributed by atoms with Crippen LogP contribution in [0, 0.1) is 0 Å². The predicted molar refractivity (Wildman–Crippen MR) is 100 cm³/mol. The molecule has 0 aliphatic carbocycles. The molecule has 0 bridgehead atoms. The minimum atomic E-state index is -0.308. The summed E-state index contributed by atoms with van der Waals surface area (Å²) in [5.41, 5.74) is 1.78. The predicted octanol–water partition coefficient (Wildman–Crippen LogP) is 2.67. The Labute approximate surface area is 157 Å². The van der Waals surface area contributed by atoms with Crippen LogP contribution in [0.15, 0.2) is 65.3 Å². The summed E-state index contributed by atoms with van der Waals surface area (Å²) >= 11 is 0. The first-order chi connectivity index (χ1) is 13.1. The highest BCUT2D eigenvalue weighted by molar-refractivity contribution is 5.76. The SMILES string of the molecule is CN(N)C(=O)COc1ccc(OCCc2coc(-c3ccccc3)n2)cc1. The molecule has 3 rings (SSSR count). The molecule has 0 fully saturated rings. The Morgan fingerprint density at radius 1 is 1.07 bits per heavy atom. The van der Waals surface area contributed by atoms with E-state index >= 15 is 0 Å². The summed E-state index contributed by atoms with van der Waals surface area (Å²) < 4.78 is 16.6. The van der Waals surface area contributed by atoms with E-state index in [-0.39, 0.29) is 12.5 Å². The van der Waals surface area contributed by atoms with Crippen LogP contribution in [0.3, 0.4) is 0 Å². The van der Waals surface area contributed by atoms with Crippen LogP contribution in [-0.4, -0.2) is 36.2 Å². The molecule has 0 unspecified atom stereocenters. The molecule has 0 spiro atoms. The highest BCUT2D eigenvalue weighted by Crippen LogP contribution is 2.20. The quantitative estimate of drug-likeness (QED) is 0.374. The Hall–Kier alpha value is -3.32. The van der Waals surface area contributed by atoms with Crippen molar-refractivity contribution < 1.29 is 18.7 Å². The van der Waals surface area contributed by atoms with Crippen molar-refractivity contribution in [2.75, 3.05) is 20.3 Å². The van der Waals surface area contributed by atoms with Crippen LogP contribution in [0.25, 0.3) is 11.5 Å². The molecule has 0 saturated carbocycles. The van der Waals surface area contributed by atoms with Gasteiger partial charge in [-0.3, -0.25) is 9.80 Å². The number of hydrazine groups is 1. The maximum atomic E-state index is 11.4. The topological polar surface area (TPSA) is 90.8 Å². The number of ether oxygens (including phenoxy) is 2. The van der Waals surface area contributed by atoms with Gasteiger partial charge >= 0.3 is 0 Å². The molecule has 7 nitrogen and oxygen atoms in total. The zero-order valence-electron chi connectivity index (χ0n) is 15.0. The Kier molecular flexibility index (Phi) is 6.06. The van der Waals surface area contributed by atoms with Crippen LogP contribution in [0.5, 0.6) is 11.5 Å². The first-order valence-corrected chi connectivity index (χ1v) is 8.48. The van der Waals surface area contributed by atoms with Crippen LogP contribution in [0.1, 0.15) is 5.69 Å². The fourth-order valence-electron chi connectivity index (χ4n) is 2.29. The number of hydrogen-bond acceptors (Lipinski definition) is 6. The highest BCUT2D eigenvalue weighted by atomic mass is 16.5. The Balaban J connectivity index is 1.45. The molecule has 2 N–H and O–H groups in total. The van der Waals surface area contributed by atoms with E-state index in [4.69, 9.17) is 19.7 Å². The van der Waals surface area contributed by atoms with Crippen molar-refractivity contribution in [3.8, 4) is 23.0 Å². The minimum Gasteiger partial charge on any atom is -0.493 e. The average molecular weight is 367 g/mol. The van der Waals surface area contributed by atoms with Gasteiger partial charge in [0, 0.05) is 19.0 Å². The van der Waals surface area contributed by atoms with Crippen LogP contribution in [0.2, 0.25) is 0 Å². The molecule has 1 aromatic heterocycles. The van der Waals surface area contributed by atoms with Crippen molar-refractivity contribution in [1.29, 1.82) is 0 Å². The third kappa shape index (κ3) is 5.32. The first kappa shape index (κ1) is 18.5. The van der Waals surface area contributed by atoms with E-state index in [9.17, 15) is 4.79 Å². The van der Waals surface area contributed by atoms with Crippen molar-refractivity contribution in [3.05, 3.63) is 66.6 Å². The minimum absolute atomic E-state index is 0.108. The summed E-state index contributed by atoms with van der Waals surface area (Å²) in [6.45, 7) is 0.362. The third-order valence-electron chi connectivity index (χ3n) is 3.78. The van der Waals surface area contributed by atoms with Crippen molar-refractivity contribution in [1.82, 2.24) is 9.99 Å². The first-order valence-electron chi connectivity index (χ1n) is 8.48. The van der Waals surface area contributed by atoms with Gasteiger partial charge in [-0.15, -0.1) is 0 Å². The van der Waals surface area contributed by atoms with Crippen LogP contribution in [0.4, 0.5) is 0 Å². The lowest BCUT2D eigenvalue weighted by molar-refractivity contribution is -0.132. The number of aromatic nitrogens is 1. The van der Waals surface area contributed by atoms with Gasteiger partial charge in [0.05, 0.1) is 12.3 Å². The molecule has 0 saturated heterocycles. The molecule has 3 aromatic rings. The summed E-state index contributed by atoms with van der Waals surface area (Å²) in [6.07, 6.45) is 2.28. The van der Waals surface area contributed by atoms with Gasteiger partial charge in [0.25, 0.3) is 5.91 Å². The fourth-order valence-corrected chi connectivity index (χ4v) is 2.29. The average Bonchev–Trinajstić information content (AvgIpc) is 3.16. The second kappa shape index (κ2) is 8.86.